The van der Waals surface area contributed by atoms with Crippen LogP contribution in [0.4, 0.5) is 5.82 Å². The summed E-state index contributed by atoms with van der Waals surface area (Å²) < 4.78 is 5.48. The van der Waals surface area contributed by atoms with E-state index in [1.54, 1.807) is 0 Å². The normalized spacial score (nSPS) is 21.1. The van der Waals surface area contributed by atoms with Crippen LogP contribution < -0.4 is 4.90 Å². The third-order valence-corrected chi connectivity index (χ3v) is 7.33. The van der Waals surface area contributed by atoms with Gasteiger partial charge in [0.05, 0.1) is 5.69 Å². The molecule has 5 rings (SSSR count). The highest BCUT2D eigenvalue weighted by Gasteiger charge is 2.31. The summed E-state index contributed by atoms with van der Waals surface area (Å²) in [6.45, 7) is 4.57. The zero-order valence-corrected chi connectivity index (χ0v) is 19.2. The third-order valence-electron chi connectivity index (χ3n) is 7.33. The van der Waals surface area contributed by atoms with Crippen LogP contribution >= 0.6 is 0 Å². The minimum absolute atomic E-state index is 0.0210. The van der Waals surface area contributed by atoms with Crippen molar-refractivity contribution in [3.8, 4) is 0 Å². The first-order valence-corrected chi connectivity index (χ1v) is 12.4. The van der Waals surface area contributed by atoms with Crippen LogP contribution in [0.25, 0.3) is 0 Å². The van der Waals surface area contributed by atoms with Crippen molar-refractivity contribution in [2.24, 2.45) is 5.92 Å². The predicted octanol–water partition coefficient (Wildman–Crippen LogP) is 2.93. The molecule has 8 heteroatoms. The summed E-state index contributed by atoms with van der Waals surface area (Å²) in [5.74, 6) is 1.99. The molecule has 1 atom stereocenters. The Morgan fingerprint density at radius 3 is 2.67 bits per heavy atom. The number of carbonyl (C=O) groups is 2. The van der Waals surface area contributed by atoms with E-state index in [1.807, 2.05) is 34.2 Å². The van der Waals surface area contributed by atoms with Crippen LogP contribution in [-0.2, 0) is 17.6 Å². The minimum Gasteiger partial charge on any atom is -0.353 e. The second kappa shape index (κ2) is 9.93. The first-order valence-electron chi connectivity index (χ1n) is 12.4. The summed E-state index contributed by atoms with van der Waals surface area (Å²) in [5, 5.41) is 4.15. The van der Waals surface area contributed by atoms with Gasteiger partial charge in [0.25, 0.3) is 5.91 Å². The standard InChI is InChI=1S/C25H33N5O3/c31-23(29-16-14-28(15-17-29)22-9-3-4-12-26-22)11-10-19-6-5-13-30(18-19)25(32)24-20-7-1-2-8-21(20)27-33-24/h3-4,9,12,19H,1-2,5-8,10-11,13-18H2. The Morgan fingerprint density at radius 1 is 1.00 bits per heavy atom. The summed E-state index contributed by atoms with van der Waals surface area (Å²) >= 11 is 0. The fraction of sp³-hybridized carbons (Fsp3) is 0.600. The molecule has 33 heavy (non-hydrogen) atoms. The van der Waals surface area contributed by atoms with Gasteiger partial charge in [-0.25, -0.2) is 4.98 Å². The number of aryl methyl sites for hydroxylation is 1. The van der Waals surface area contributed by atoms with Gasteiger partial charge >= 0.3 is 0 Å². The molecule has 8 nitrogen and oxygen atoms in total. The molecule has 0 bridgehead atoms. The molecule has 2 saturated heterocycles. The summed E-state index contributed by atoms with van der Waals surface area (Å²) in [4.78, 5) is 36.5. The Balaban J connectivity index is 1.10. The maximum Gasteiger partial charge on any atom is 0.292 e. The number of nitrogens with zero attached hydrogens (tertiary/aromatic N) is 5. The van der Waals surface area contributed by atoms with Crippen molar-refractivity contribution in [2.45, 2.75) is 51.4 Å². The van der Waals surface area contributed by atoms with Crippen LogP contribution in [0.2, 0.25) is 0 Å². The molecule has 2 aliphatic heterocycles. The average molecular weight is 452 g/mol. The lowest BCUT2D eigenvalue weighted by Crippen LogP contribution is -2.49. The van der Waals surface area contributed by atoms with Gasteiger partial charge in [0.2, 0.25) is 11.7 Å². The molecule has 0 spiro atoms. The van der Waals surface area contributed by atoms with Gasteiger partial charge in [-0.1, -0.05) is 11.2 Å². The fourth-order valence-electron chi connectivity index (χ4n) is 5.40. The lowest BCUT2D eigenvalue weighted by atomic mass is 9.92. The van der Waals surface area contributed by atoms with Gasteiger partial charge in [-0.3, -0.25) is 9.59 Å². The van der Waals surface area contributed by atoms with Gasteiger partial charge < -0.3 is 19.2 Å². The smallest absolute Gasteiger partial charge is 0.292 e. The average Bonchev–Trinajstić information content (AvgIpc) is 3.32. The number of anilines is 1. The largest absolute Gasteiger partial charge is 0.353 e. The molecule has 3 aliphatic rings. The molecule has 0 radical (unpaired) electrons. The molecule has 0 aromatic carbocycles. The molecule has 1 aliphatic carbocycles. The van der Waals surface area contributed by atoms with E-state index in [9.17, 15) is 9.59 Å². The van der Waals surface area contributed by atoms with Crippen LogP contribution in [0.1, 0.15) is 60.3 Å². The van der Waals surface area contributed by atoms with Gasteiger partial charge in [-0.15, -0.1) is 0 Å². The third kappa shape index (κ3) is 4.89. The number of carbonyl (C=O) groups excluding carboxylic acids is 2. The van der Waals surface area contributed by atoms with Crippen LogP contribution in [0.15, 0.2) is 28.9 Å². The highest BCUT2D eigenvalue weighted by molar-refractivity contribution is 5.93. The summed E-state index contributed by atoms with van der Waals surface area (Å²) in [7, 11) is 0. The fourth-order valence-corrected chi connectivity index (χ4v) is 5.40. The molecule has 4 heterocycles. The van der Waals surface area contributed by atoms with Crippen molar-refractivity contribution in [1.82, 2.24) is 19.9 Å². The summed E-state index contributed by atoms with van der Waals surface area (Å²) in [6, 6.07) is 5.93. The minimum atomic E-state index is -0.0210. The first kappa shape index (κ1) is 21.9. The van der Waals surface area contributed by atoms with Crippen LogP contribution in [0.3, 0.4) is 0 Å². The zero-order valence-electron chi connectivity index (χ0n) is 19.2. The molecule has 2 aromatic rings. The van der Waals surface area contributed by atoms with Crippen LogP contribution in [-0.4, -0.2) is 71.0 Å². The molecule has 0 saturated carbocycles. The van der Waals surface area contributed by atoms with Crippen molar-refractivity contribution in [3.63, 3.8) is 0 Å². The molecular weight excluding hydrogens is 418 g/mol. The van der Waals surface area contributed by atoms with Gasteiger partial charge in [0.15, 0.2) is 0 Å². The monoisotopic (exact) mass is 451 g/mol. The number of piperidine rings is 1. The lowest BCUT2D eigenvalue weighted by molar-refractivity contribution is -0.131. The Labute approximate surface area is 194 Å². The van der Waals surface area contributed by atoms with Crippen molar-refractivity contribution in [2.75, 3.05) is 44.2 Å². The second-order valence-corrected chi connectivity index (χ2v) is 9.50. The van der Waals surface area contributed by atoms with E-state index in [-0.39, 0.29) is 11.8 Å². The van der Waals surface area contributed by atoms with Crippen molar-refractivity contribution >= 4 is 17.6 Å². The zero-order chi connectivity index (χ0) is 22.6. The highest BCUT2D eigenvalue weighted by atomic mass is 16.5. The molecule has 2 amide bonds. The van der Waals surface area contributed by atoms with E-state index in [0.717, 1.165) is 94.7 Å². The second-order valence-electron chi connectivity index (χ2n) is 9.50. The molecule has 0 N–H and O–H groups in total. The van der Waals surface area contributed by atoms with E-state index in [2.05, 4.69) is 15.0 Å². The number of pyridine rings is 1. The molecule has 2 aromatic heterocycles. The molecular formula is C25H33N5O3. The Bertz CT molecular complexity index is 968. The van der Waals surface area contributed by atoms with Crippen molar-refractivity contribution in [1.29, 1.82) is 0 Å². The maximum absolute atomic E-state index is 13.1. The van der Waals surface area contributed by atoms with Gasteiger partial charge in [0, 0.05) is 57.4 Å². The topological polar surface area (TPSA) is 82.8 Å². The number of hydrogen-bond donors (Lipinski definition) is 0. The number of hydrogen-bond acceptors (Lipinski definition) is 6. The number of piperazine rings is 1. The number of rotatable bonds is 5. The van der Waals surface area contributed by atoms with E-state index in [0.29, 0.717) is 24.6 Å². The summed E-state index contributed by atoms with van der Waals surface area (Å²) in [6.07, 6.45) is 9.24. The molecule has 2 fully saturated rings. The maximum atomic E-state index is 13.1. The van der Waals surface area contributed by atoms with E-state index in [1.165, 1.54) is 0 Å². The van der Waals surface area contributed by atoms with Crippen LogP contribution in [0.5, 0.6) is 0 Å². The number of amides is 2. The number of fused-ring (bicyclic) bond motifs is 1. The van der Waals surface area contributed by atoms with Gasteiger partial charge in [-0.2, -0.15) is 0 Å². The molecule has 176 valence electrons. The Kier molecular flexibility index (Phi) is 6.60. The predicted molar refractivity (Wildman–Crippen MR) is 124 cm³/mol. The quantitative estimate of drug-likeness (QED) is 0.695. The van der Waals surface area contributed by atoms with Crippen LogP contribution in [0, 0.1) is 5.92 Å². The molecule has 1 unspecified atom stereocenters. The highest BCUT2D eigenvalue weighted by Crippen LogP contribution is 2.28. The van der Waals surface area contributed by atoms with E-state index in [4.69, 9.17) is 4.52 Å². The number of likely N-dealkylation sites (tertiary alicyclic amines) is 1. The van der Waals surface area contributed by atoms with E-state index < -0.39 is 0 Å². The van der Waals surface area contributed by atoms with Crippen molar-refractivity contribution in [3.05, 3.63) is 41.4 Å². The summed E-state index contributed by atoms with van der Waals surface area (Å²) in [5.41, 5.74) is 1.99. The Hall–Kier alpha value is -2.90. The SMILES string of the molecule is O=C(CCC1CCCN(C(=O)c2onc3c2CCCC3)C1)N1CCN(c2ccccn2)CC1. The lowest BCUT2D eigenvalue weighted by Gasteiger charge is -2.36. The van der Waals surface area contributed by atoms with Gasteiger partial charge in [-0.05, 0) is 63.0 Å². The van der Waals surface area contributed by atoms with E-state index >= 15 is 0 Å². The van der Waals surface area contributed by atoms with Crippen molar-refractivity contribution < 1.29 is 14.1 Å². The Morgan fingerprint density at radius 2 is 1.85 bits per heavy atom. The number of aromatic nitrogens is 2. The first-order chi connectivity index (χ1) is 16.2. The van der Waals surface area contributed by atoms with Gasteiger partial charge in [0.1, 0.15) is 5.82 Å².